The average Bonchev–Trinajstić information content (AvgIpc) is 3.45. The Labute approximate surface area is 229 Å². The lowest BCUT2D eigenvalue weighted by Crippen LogP contribution is -2.66. The van der Waals surface area contributed by atoms with Gasteiger partial charge in [-0.05, 0) is 107 Å². The fraction of sp³-hybridized carbons (Fsp3) is 1.00. The highest BCUT2D eigenvalue weighted by atomic mass is 19.4. The molecule has 0 radical (unpaired) electrons. The van der Waals surface area contributed by atoms with Crippen LogP contribution in [-0.4, -0.2) is 47.7 Å². The van der Waals surface area contributed by atoms with Gasteiger partial charge >= 0.3 is 18.5 Å². The molecule has 3 aliphatic carbocycles. The van der Waals surface area contributed by atoms with E-state index in [2.05, 4.69) is 0 Å². The summed E-state index contributed by atoms with van der Waals surface area (Å²) in [4.78, 5) is 0. The molecule has 1 N–H and O–H groups in total. The van der Waals surface area contributed by atoms with E-state index >= 15 is 0 Å². The summed E-state index contributed by atoms with van der Waals surface area (Å²) in [5.74, 6) is -0.292. The van der Waals surface area contributed by atoms with Crippen LogP contribution in [0.5, 0.6) is 0 Å². The summed E-state index contributed by atoms with van der Waals surface area (Å²) < 4.78 is 136. The topological polar surface area (TPSA) is 38.7 Å². The van der Waals surface area contributed by atoms with Crippen LogP contribution in [0.15, 0.2) is 0 Å². The van der Waals surface area contributed by atoms with Gasteiger partial charge in [-0.25, -0.2) is 0 Å². The van der Waals surface area contributed by atoms with Gasteiger partial charge in [0.25, 0.3) is 5.60 Å². The largest absolute Gasteiger partial charge is 0.426 e. The van der Waals surface area contributed by atoms with E-state index < -0.39 is 46.9 Å². The molecule has 3 saturated carbocycles. The number of hydrogen-bond acceptors (Lipinski definition) is 3. The van der Waals surface area contributed by atoms with E-state index in [-0.39, 0.29) is 75.5 Å². The molecule has 40 heavy (non-hydrogen) atoms. The molecular formula is C28H41F9O3. The molecule has 4 rings (SSSR count). The highest BCUT2D eigenvalue weighted by Gasteiger charge is 2.82. The van der Waals surface area contributed by atoms with Gasteiger partial charge in [0.05, 0.1) is 0 Å². The molecule has 3 unspecified atom stereocenters. The van der Waals surface area contributed by atoms with E-state index in [0.29, 0.717) is 25.9 Å². The van der Waals surface area contributed by atoms with E-state index in [0.717, 1.165) is 12.8 Å². The minimum absolute atomic E-state index is 0.0127. The van der Waals surface area contributed by atoms with Gasteiger partial charge in [0.2, 0.25) is 0 Å². The fourth-order valence-electron chi connectivity index (χ4n) is 8.67. The van der Waals surface area contributed by atoms with Gasteiger partial charge in [0.1, 0.15) is 0 Å². The van der Waals surface area contributed by atoms with E-state index in [1.54, 1.807) is 0 Å². The lowest BCUT2D eigenvalue weighted by atomic mass is 9.65. The summed E-state index contributed by atoms with van der Waals surface area (Å²) in [5.41, 5.74) is -10.1. The molecule has 0 aromatic carbocycles. The summed E-state index contributed by atoms with van der Waals surface area (Å²) in [6.45, 7) is 4.13. The van der Waals surface area contributed by atoms with Crippen LogP contribution in [0.2, 0.25) is 0 Å². The first-order valence-electron chi connectivity index (χ1n) is 14.6. The van der Waals surface area contributed by atoms with Crippen LogP contribution in [-0.2, 0) is 9.47 Å². The van der Waals surface area contributed by atoms with Crippen LogP contribution in [0, 0.1) is 28.6 Å². The Morgan fingerprint density at radius 3 is 1.88 bits per heavy atom. The molecule has 4 fully saturated rings. The number of rotatable bonds is 8. The Balaban J connectivity index is 1.44. The number of ether oxygens (including phenoxy) is 2. The zero-order valence-corrected chi connectivity index (χ0v) is 23.1. The zero-order chi connectivity index (χ0) is 29.8. The molecule has 12 heteroatoms. The average molecular weight is 597 g/mol. The van der Waals surface area contributed by atoms with Crippen molar-refractivity contribution in [3.8, 4) is 0 Å². The van der Waals surface area contributed by atoms with Crippen molar-refractivity contribution < 1.29 is 54.1 Å². The lowest BCUT2D eigenvalue weighted by Gasteiger charge is -2.45. The minimum atomic E-state index is -5.85. The highest BCUT2D eigenvalue weighted by molar-refractivity contribution is 5.18. The Kier molecular flexibility index (Phi) is 8.65. The predicted molar refractivity (Wildman–Crippen MR) is 128 cm³/mol. The molecule has 3 nitrogen and oxygen atoms in total. The van der Waals surface area contributed by atoms with Crippen molar-refractivity contribution >= 4 is 0 Å². The predicted octanol–water partition coefficient (Wildman–Crippen LogP) is 8.88. The maximum atomic E-state index is 14.2. The second-order valence-corrected chi connectivity index (χ2v) is 13.1. The number of alkyl halides is 9. The van der Waals surface area contributed by atoms with Crippen molar-refractivity contribution in [3.05, 3.63) is 0 Å². The maximum absolute atomic E-state index is 14.2. The van der Waals surface area contributed by atoms with Gasteiger partial charge in [-0.2, -0.15) is 39.5 Å². The smallest absolute Gasteiger partial charge is 0.373 e. The third-order valence-electron chi connectivity index (χ3n) is 11.2. The van der Waals surface area contributed by atoms with E-state index in [1.807, 2.05) is 13.8 Å². The lowest BCUT2D eigenvalue weighted by molar-refractivity contribution is -0.403. The molecular weight excluding hydrogens is 555 g/mol. The second kappa shape index (κ2) is 10.8. The molecule has 0 amide bonds. The molecule has 1 aliphatic heterocycles. The summed E-state index contributed by atoms with van der Waals surface area (Å²) in [7, 11) is 0. The Hall–Kier alpha value is -0.750. The van der Waals surface area contributed by atoms with Crippen LogP contribution in [0.25, 0.3) is 0 Å². The van der Waals surface area contributed by atoms with Crippen LogP contribution >= 0.6 is 0 Å². The highest BCUT2D eigenvalue weighted by Crippen LogP contribution is 2.73. The van der Waals surface area contributed by atoms with Crippen molar-refractivity contribution in [2.24, 2.45) is 28.6 Å². The molecule has 0 aromatic rings. The third-order valence-corrected chi connectivity index (χ3v) is 11.2. The van der Waals surface area contributed by atoms with Gasteiger partial charge in [-0.1, -0.05) is 20.3 Å². The van der Waals surface area contributed by atoms with Gasteiger partial charge in [-0.3, -0.25) is 0 Å². The van der Waals surface area contributed by atoms with Crippen molar-refractivity contribution in [1.82, 2.24) is 0 Å². The fourth-order valence-corrected chi connectivity index (χ4v) is 8.67. The van der Waals surface area contributed by atoms with E-state index in [9.17, 15) is 44.6 Å². The Bertz CT molecular complexity index is 846. The van der Waals surface area contributed by atoms with Gasteiger partial charge in [0.15, 0.2) is 11.9 Å². The molecule has 0 spiro atoms. The molecule has 234 valence electrons. The SMILES string of the molecule is CCC(CC(C)C12CCC(C(O)(C(F)(F)F)C(F)(F)F)(CC1)C2)C1CCC(OC2CCCCO2)(C(F)(F)F)CC1. The van der Waals surface area contributed by atoms with Gasteiger partial charge < -0.3 is 14.6 Å². The van der Waals surface area contributed by atoms with Crippen LogP contribution in [0.3, 0.4) is 0 Å². The van der Waals surface area contributed by atoms with Crippen LogP contribution < -0.4 is 0 Å². The number of fused-ring (bicyclic) bond motifs is 2. The quantitative estimate of drug-likeness (QED) is 0.285. The standard InChI is InChI=1S/C28H41F9O3/c1-3-19(20-7-9-24(10-8-20,26(29,30)31)40-21-6-4-5-15-39-21)16-18(2)22-11-13-23(17-22,14-12-22)25(38,27(32,33)34)28(35,36)37/h18-21,38H,3-17H2,1-2H3. The van der Waals surface area contributed by atoms with Crippen LogP contribution in [0.4, 0.5) is 39.5 Å². The first kappa shape index (κ1) is 32.2. The van der Waals surface area contributed by atoms with Crippen molar-refractivity contribution in [3.63, 3.8) is 0 Å². The summed E-state index contributed by atoms with van der Waals surface area (Å²) in [5, 5.41) is 10.3. The number of halogens is 9. The molecule has 4 aliphatic rings. The molecule has 1 heterocycles. The summed E-state index contributed by atoms with van der Waals surface area (Å²) >= 11 is 0. The van der Waals surface area contributed by atoms with Crippen molar-refractivity contribution in [1.29, 1.82) is 0 Å². The second-order valence-electron chi connectivity index (χ2n) is 13.1. The first-order valence-corrected chi connectivity index (χ1v) is 14.6. The Morgan fingerprint density at radius 1 is 0.850 bits per heavy atom. The summed E-state index contributed by atoms with van der Waals surface area (Å²) in [6, 6.07) is 0. The van der Waals surface area contributed by atoms with Gasteiger partial charge in [0, 0.05) is 12.0 Å². The minimum Gasteiger partial charge on any atom is -0.373 e. The molecule has 0 aromatic heterocycles. The van der Waals surface area contributed by atoms with Crippen molar-refractivity contribution in [2.45, 2.75) is 140 Å². The Morgan fingerprint density at radius 2 is 1.43 bits per heavy atom. The number of hydrogen-bond donors (Lipinski definition) is 1. The van der Waals surface area contributed by atoms with Crippen molar-refractivity contribution in [2.75, 3.05) is 6.61 Å². The normalized spacial score (nSPS) is 37.5. The maximum Gasteiger partial charge on any atom is 0.426 e. The van der Waals surface area contributed by atoms with Gasteiger partial charge in [-0.15, -0.1) is 0 Å². The molecule has 2 bridgehead atoms. The van der Waals surface area contributed by atoms with E-state index in [4.69, 9.17) is 9.47 Å². The molecule has 3 atom stereocenters. The number of aliphatic hydroxyl groups is 1. The van der Waals surface area contributed by atoms with E-state index in [1.165, 1.54) is 0 Å². The zero-order valence-electron chi connectivity index (χ0n) is 23.1. The first-order chi connectivity index (χ1) is 18.4. The summed E-state index contributed by atoms with van der Waals surface area (Å²) in [6.07, 6.45) is -14.6. The molecule has 1 saturated heterocycles. The third kappa shape index (κ3) is 5.28. The van der Waals surface area contributed by atoms with Crippen LogP contribution in [0.1, 0.15) is 104 Å². The monoisotopic (exact) mass is 596 g/mol.